The molecule has 0 aliphatic carbocycles. The van der Waals surface area contributed by atoms with Crippen molar-refractivity contribution in [3.63, 3.8) is 0 Å². The fourth-order valence-corrected chi connectivity index (χ4v) is 4.59. The standard InChI is InChI=1S/C21H31BrN4O2/c1-4-6-19(25-10-9-24(3)12-15(13-25)14-27)20-23-18-8-7-16(22)11-17(18)21(28)26(20)5-2/h7-8,11,15,19,27H,4-6,9-10,12-14H2,1-3H3/t15-,19?/m1/s1. The molecule has 1 aromatic carbocycles. The van der Waals surface area contributed by atoms with Gasteiger partial charge >= 0.3 is 0 Å². The van der Waals surface area contributed by atoms with Gasteiger partial charge in [0.15, 0.2) is 0 Å². The summed E-state index contributed by atoms with van der Waals surface area (Å²) >= 11 is 3.46. The van der Waals surface area contributed by atoms with E-state index in [9.17, 15) is 9.90 Å². The van der Waals surface area contributed by atoms with Crippen LogP contribution in [0.2, 0.25) is 0 Å². The highest BCUT2D eigenvalue weighted by atomic mass is 79.9. The lowest BCUT2D eigenvalue weighted by Gasteiger charge is -2.33. The van der Waals surface area contributed by atoms with Crippen LogP contribution in [0.5, 0.6) is 0 Å². The highest BCUT2D eigenvalue weighted by Crippen LogP contribution is 2.28. The minimum atomic E-state index is 0.0237. The summed E-state index contributed by atoms with van der Waals surface area (Å²) in [7, 11) is 2.11. The molecule has 28 heavy (non-hydrogen) atoms. The molecule has 0 saturated carbocycles. The van der Waals surface area contributed by atoms with Crippen molar-refractivity contribution in [3.8, 4) is 0 Å². The van der Waals surface area contributed by atoms with Crippen LogP contribution < -0.4 is 5.56 Å². The Kier molecular flexibility index (Phi) is 7.25. The van der Waals surface area contributed by atoms with E-state index in [2.05, 4.69) is 39.7 Å². The van der Waals surface area contributed by atoms with Crippen LogP contribution in [0.4, 0.5) is 0 Å². The number of fused-ring (bicyclic) bond motifs is 1. The molecular formula is C21H31BrN4O2. The second kappa shape index (κ2) is 9.48. The lowest BCUT2D eigenvalue weighted by molar-refractivity contribution is 0.133. The minimum absolute atomic E-state index is 0.0237. The molecule has 7 heteroatoms. The second-order valence-corrected chi connectivity index (χ2v) is 8.71. The van der Waals surface area contributed by atoms with Gasteiger partial charge in [-0.2, -0.15) is 0 Å². The van der Waals surface area contributed by atoms with Crippen molar-refractivity contribution >= 4 is 26.8 Å². The Morgan fingerprint density at radius 3 is 2.75 bits per heavy atom. The number of hydrogen-bond acceptors (Lipinski definition) is 5. The van der Waals surface area contributed by atoms with E-state index in [1.54, 1.807) is 0 Å². The summed E-state index contributed by atoms with van der Waals surface area (Å²) in [5.74, 6) is 1.07. The highest BCUT2D eigenvalue weighted by Gasteiger charge is 2.29. The Labute approximate surface area is 175 Å². The molecule has 154 valence electrons. The largest absolute Gasteiger partial charge is 0.396 e. The van der Waals surface area contributed by atoms with E-state index in [1.165, 1.54) is 0 Å². The number of rotatable bonds is 6. The number of aliphatic hydroxyl groups is 1. The Morgan fingerprint density at radius 1 is 1.29 bits per heavy atom. The highest BCUT2D eigenvalue weighted by molar-refractivity contribution is 9.10. The number of aromatic nitrogens is 2. The smallest absolute Gasteiger partial charge is 0.261 e. The maximum absolute atomic E-state index is 13.2. The number of aliphatic hydroxyl groups excluding tert-OH is 1. The molecule has 1 aliphatic rings. The Hall–Kier alpha value is -1.28. The molecular weight excluding hydrogens is 420 g/mol. The molecule has 1 saturated heterocycles. The first-order valence-electron chi connectivity index (χ1n) is 10.2. The van der Waals surface area contributed by atoms with Gasteiger partial charge in [0.25, 0.3) is 5.56 Å². The maximum Gasteiger partial charge on any atom is 0.261 e. The summed E-state index contributed by atoms with van der Waals surface area (Å²) in [6.07, 6.45) is 1.95. The molecule has 2 heterocycles. The fraction of sp³-hybridized carbons (Fsp3) is 0.619. The molecule has 1 aliphatic heterocycles. The molecule has 1 aromatic heterocycles. The van der Waals surface area contributed by atoms with E-state index in [4.69, 9.17) is 4.98 Å². The van der Waals surface area contributed by atoms with E-state index in [0.717, 1.165) is 54.8 Å². The number of benzene rings is 1. The third-order valence-corrected chi connectivity index (χ3v) is 6.15. The predicted octanol–water partition coefficient (Wildman–Crippen LogP) is 2.88. The molecule has 1 N–H and O–H groups in total. The molecule has 6 nitrogen and oxygen atoms in total. The predicted molar refractivity (Wildman–Crippen MR) is 117 cm³/mol. The second-order valence-electron chi connectivity index (χ2n) is 7.79. The van der Waals surface area contributed by atoms with Crippen molar-refractivity contribution in [3.05, 3.63) is 38.9 Å². The van der Waals surface area contributed by atoms with Gasteiger partial charge in [-0.05, 0) is 38.6 Å². The van der Waals surface area contributed by atoms with Crippen LogP contribution in [0.3, 0.4) is 0 Å². The zero-order valence-corrected chi connectivity index (χ0v) is 18.7. The zero-order chi connectivity index (χ0) is 20.3. The summed E-state index contributed by atoms with van der Waals surface area (Å²) in [6.45, 7) is 8.54. The molecule has 1 unspecified atom stereocenters. The lowest BCUT2D eigenvalue weighted by Crippen LogP contribution is -2.38. The van der Waals surface area contributed by atoms with Gasteiger partial charge in [-0.3, -0.25) is 14.3 Å². The van der Waals surface area contributed by atoms with Crippen molar-refractivity contribution < 1.29 is 5.11 Å². The van der Waals surface area contributed by atoms with Crippen LogP contribution in [0.1, 0.15) is 38.6 Å². The molecule has 1 fully saturated rings. The molecule has 0 bridgehead atoms. The van der Waals surface area contributed by atoms with E-state index in [1.807, 2.05) is 29.7 Å². The van der Waals surface area contributed by atoms with Gasteiger partial charge in [0.2, 0.25) is 0 Å². The number of likely N-dealkylation sites (N-methyl/N-ethyl adjacent to an activating group) is 1. The molecule has 0 spiro atoms. The molecule has 0 amide bonds. The van der Waals surface area contributed by atoms with E-state index >= 15 is 0 Å². The maximum atomic E-state index is 13.2. The lowest BCUT2D eigenvalue weighted by atomic mass is 10.1. The van der Waals surface area contributed by atoms with Crippen LogP contribution in [0, 0.1) is 5.92 Å². The Morgan fingerprint density at radius 2 is 2.07 bits per heavy atom. The van der Waals surface area contributed by atoms with Crippen molar-refractivity contribution in [2.45, 2.75) is 39.3 Å². The first-order valence-corrected chi connectivity index (χ1v) is 11.0. The van der Waals surface area contributed by atoms with Gasteiger partial charge in [-0.1, -0.05) is 29.3 Å². The van der Waals surface area contributed by atoms with Gasteiger partial charge in [0.05, 0.1) is 16.9 Å². The van der Waals surface area contributed by atoms with Crippen molar-refractivity contribution in [1.29, 1.82) is 0 Å². The third-order valence-electron chi connectivity index (χ3n) is 5.65. The van der Waals surface area contributed by atoms with E-state index in [0.29, 0.717) is 11.9 Å². The topological polar surface area (TPSA) is 61.6 Å². The van der Waals surface area contributed by atoms with Crippen LogP contribution >= 0.6 is 15.9 Å². The first-order chi connectivity index (χ1) is 13.5. The fourth-order valence-electron chi connectivity index (χ4n) is 4.23. The number of halogens is 1. The van der Waals surface area contributed by atoms with Gasteiger partial charge in [-0.25, -0.2) is 4.98 Å². The van der Waals surface area contributed by atoms with Crippen molar-refractivity contribution in [1.82, 2.24) is 19.4 Å². The summed E-state index contributed by atoms with van der Waals surface area (Å²) < 4.78 is 2.72. The van der Waals surface area contributed by atoms with E-state index in [-0.39, 0.29) is 24.1 Å². The Balaban J connectivity index is 2.09. The van der Waals surface area contributed by atoms with Crippen molar-refractivity contribution in [2.75, 3.05) is 39.8 Å². The molecule has 2 aromatic rings. The third kappa shape index (κ3) is 4.48. The summed E-state index contributed by atoms with van der Waals surface area (Å²) in [6, 6.07) is 5.79. The summed E-state index contributed by atoms with van der Waals surface area (Å²) in [5.41, 5.74) is 0.773. The van der Waals surface area contributed by atoms with Crippen molar-refractivity contribution in [2.24, 2.45) is 5.92 Å². The number of nitrogens with zero attached hydrogens (tertiary/aromatic N) is 4. The SMILES string of the molecule is CCCC(c1nc2ccc(Br)cc2c(=O)n1CC)N1CCN(C)C[C@@H](CO)C1. The van der Waals surface area contributed by atoms with E-state index < -0.39 is 0 Å². The Bertz CT molecular complexity index is 869. The number of hydrogen-bond donors (Lipinski definition) is 1. The normalized spacial score (nSPS) is 20.4. The zero-order valence-electron chi connectivity index (χ0n) is 17.1. The first kappa shape index (κ1) is 21.4. The average Bonchev–Trinajstić information content (AvgIpc) is 2.88. The van der Waals surface area contributed by atoms with Gasteiger partial charge in [0.1, 0.15) is 5.82 Å². The van der Waals surface area contributed by atoms with Crippen LogP contribution in [0.15, 0.2) is 27.5 Å². The molecule has 2 atom stereocenters. The van der Waals surface area contributed by atoms with Gasteiger partial charge in [-0.15, -0.1) is 0 Å². The average molecular weight is 451 g/mol. The van der Waals surface area contributed by atoms with Gasteiger partial charge in [0, 0.05) is 49.7 Å². The van der Waals surface area contributed by atoms with Gasteiger partial charge < -0.3 is 10.0 Å². The van der Waals surface area contributed by atoms with Crippen LogP contribution in [-0.2, 0) is 6.54 Å². The molecule has 0 radical (unpaired) electrons. The quantitative estimate of drug-likeness (QED) is 0.732. The van der Waals surface area contributed by atoms with Crippen LogP contribution in [-0.4, -0.2) is 64.3 Å². The minimum Gasteiger partial charge on any atom is -0.396 e. The van der Waals surface area contributed by atoms with Crippen LogP contribution in [0.25, 0.3) is 10.9 Å². The summed E-state index contributed by atoms with van der Waals surface area (Å²) in [5, 5.41) is 10.5. The molecule has 3 rings (SSSR count). The monoisotopic (exact) mass is 450 g/mol. The summed E-state index contributed by atoms with van der Waals surface area (Å²) in [4.78, 5) is 22.9.